The molecule has 2 N–H and O–H groups in total. The Morgan fingerprint density at radius 2 is 2.00 bits per heavy atom. The van der Waals surface area contributed by atoms with Crippen LogP contribution in [0.4, 0.5) is 0 Å². The van der Waals surface area contributed by atoms with Crippen LogP contribution in [0.5, 0.6) is 0 Å². The predicted molar refractivity (Wildman–Crippen MR) is 74.4 cm³/mol. The zero-order valence-corrected chi connectivity index (χ0v) is 11.2. The van der Waals surface area contributed by atoms with Crippen LogP contribution in [0.15, 0.2) is 30.3 Å². The third-order valence-electron chi connectivity index (χ3n) is 4.26. The predicted octanol–water partition coefficient (Wildman–Crippen LogP) is 0.820. The van der Waals surface area contributed by atoms with Crippen molar-refractivity contribution in [1.82, 2.24) is 9.80 Å². The van der Waals surface area contributed by atoms with Gasteiger partial charge in [-0.05, 0) is 12.0 Å². The molecule has 0 aromatic heterocycles. The smallest absolute Gasteiger partial charge is 0.223 e. The highest BCUT2D eigenvalue weighted by atomic mass is 16.2. The number of hydrogen-bond donors (Lipinski definition) is 1. The maximum absolute atomic E-state index is 11.9. The fourth-order valence-corrected chi connectivity index (χ4v) is 3.16. The largest absolute Gasteiger partial charge is 0.336 e. The minimum atomic E-state index is 0.135. The molecule has 2 fully saturated rings. The van der Waals surface area contributed by atoms with Crippen LogP contribution in [0, 0.1) is 0 Å². The molecule has 2 unspecified atom stereocenters. The molecule has 0 saturated carbocycles. The average Bonchev–Trinajstić information content (AvgIpc) is 2.44. The number of carbonyl (C=O) groups excluding carboxylic acids is 1. The second kappa shape index (κ2) is 5.31. The molecule has 2 heterocycles. The third-order valence-corrected chi connectivity index (χ3v) is 4.26. The Morgan fingerprint density at radius 1 is 1.21 bits per heavy atom. The maximum atomic E-state index is 11.9. The summed E-state index contributed by atoms with van der Waals surface area (Å²) in [6, 6.07) is 10.8. The number of nitrogens with two attached hydrogens (primary N) is 1. The first kappa shape index (κ1) is 12.6. The number of piperazine rings is 1. The first-order valence-corrected chi connectivity index (χ1v) is 7.05. The number of benzene rings is 1. The van der Waals surface area contributed by atoms with Crippen LogP contribution >= 0.6 is 0 Å². The van der Waals surface area contributed by atoms with Crippen molar-refractivity contribution in [3.05, 3.63) is 35.9 Å². The summed E-state index contributed by atoms with van der Waals surface area (Å²) in [5.41, 5.74) is 7.51. The van der Waals surface area contributed by atoms with Gasteiger partial charge in [0.1, 0.15) is 0 Å². The van der Waals surface area contributed by atoms with Gasteiger partial charge in [0.2, 0.25) is 5.91 Å². The highest BCUT2D eigenvalue weighted by molar-refractivity contribution is 5.77. The van der Waals surface area contributed by atoms with Crippen LogP contribution in [0.3, 0.4) is 0 Å². The summed E-state index contributed by atoms with van der Waals surface area (Å²) in [4.78, 5) is 16.3. The summed E-state index contributed by atoms with van der Waals surface area (Å²) in [6.07, 6.45) is 1.45. The van der Waals surface area contributed by atoms with Crippen LogP contribution in [0.1, 0.15) is 18.4 Å². The van der Waals surface area contributed by atoms with Crippen molar-refractivity contribution in [2.75, 3.05) is 19.6 Å². The fraction of sp³-hybridized carbons (Fsp3) is 0.533. The van der Waals surface area contributed by atoms with Crippen molar-refractivity contribution < 1.29 is 4.79 Å². The van der Waals surface area contributed by atoms with Crippen molar-refractivity contribution in [3.63, 3.8) is 0 Å². The van der Waals surface area contributed by atoms with E-state index in [-0.39, 0.29) is 18.0 Å². The Kier molecular flexibility index (Phi) is 3.53. The lowest BCUT2D eigenvalue weighted by molar-refractivity contribution is -0.140. The summed E-state index contributed by atoms with van der Waals surface area (Å²) in [5, 5.41) is 0. The van der Waals surface area contributed by atoms with Gasteiger partial charge >= 0.3 is 0 Å². The van der Waals surface area contributed by atoms with Gasteiger partial charge in [-0.3, -0.25) is 9.69 Å². The van der Waals surface area contributed by atoms with E-state index in [2.05, 4.69) is 29.2 Å². The molecular formula is C15H21N3O. The number of fused-ring (bicyclic) bond motifs is 1. The second-order valence-electron chi connectivity index (χ2n) is 5.58. The molecule has 0 spiro atoms. The van der Waals surface area contributed by atoms with E-state index >= 15 is 0 Å². The lowest BCUT2D eigenvalue weighted by Crippen LogP contribution is -2.63. The summed E-state index contributed by atoms with van der Waals surface area (Å²) < 4.78 is 0. The molecule has 1 aromatic carbocycles. The third kappa shape index (κ3) is 2.65. The van der Waals surface area contributed by atoms with Gasteiger partial charge in [0.15, 0.2) is 0 Å². The number of hydrogen-bond acceptors (Lipinski definition) is 3. The van der Waals surface area contributed by atoms with E-state index in [1.807, 2.05) is 11.0 Å². The standard InChI is InChI=1S/C15H21N3O/c16-13-6-7-15(19)18-9-8-17(11-14(13)18)10-12-4-2-1-3-5-12/h1-5,13-14H,6-11,16H2. The Balaban J connectivity index is 1.66. The Bertz CT molecular complexity index is 448. The van der Waals surface area contributed by atoms with E-state index in [9.17, 15) is 4.79 Å². The highest BCUT2D eigenvalue weighted by Gasteiger charge is 2.37. The van der Waals surface area contributed by atoms with Gasteiger partial charge in [0, 0.05) is 38.6 Å². The number of carbonyl (C=O) groups is 1. The normalized spacial score (nSPS) is 28.3. The van der Waals surface area contributed by atoms with Gasteiger partial charge in [-0.2, -0.15) is 0 Å². The summed E-state index contributed by atoms with van der Waals surface area (Å²) >= 11 is 0. The Hall–Kier alpha value is -1.39. The van der Waals surface area contributed by atoms with Gasteiger partial charge < -0.3 is 10.6 Å². The van der Waals surface area contributed by atoms with Gasteiger partial charge in [-0.15, -0.1) is 0 Å². The van der Waals surface area contributed by atoms with E-state index in [1.54, 1.807) is 0 Å². The number of amides is 1. The molecule has 2 saturated heterocycles. The molecule has 4 nitrogen and oxygen atoms in total. The van der Waals surface area contributed by atoms with Crippen LogP contribution < -0.4 is 5.73 Å². The fourth-order valence-electron chi connectivity index (χ4n) is 3.16. The molecule has 0 bridgehead atoms. The van der Waals surface area contributed by atoms with Crippen LogP contribution in [-0.4, -0.2) is 47.4 Å². The van der Waals surface area contributed by atoms with Crippen LogP contribution in [-0.2, 0) is 11.3 Å². The van der Waals surface area contributed by atoms with E-state index in [0.29, 0.717) is 6.42 Å². The van der Waals surface area contributed by atoms with Crippen LogP contribution in [0.2, 0.25) is 0 Å². The summed E-state index contributed by atoms with van der Waals surface area (Å²) in [7, 11) is 0. The molecule has 0 radical (unpaired) electrons. The summed E-state index contributed by atoms with van der Waals surface area (Å²) in [5.74, 6) is 0.283. The van der Waals surface area contributed by atoms with Gasteiger partial charge in [-0.25, -0.2) is 0 Å². The lowest BCUT2D eigenvalue weighted by atomic mass is 9.94. The molecule has 3 rings (SSSR count). The zero-order valence-electron chi connectivity index (χ0n) is 11.2. The molecule has 102 valence electrons. The number of rotatable bonds is 2. The monoisotopic (exact) mass is 259 g/mol. The molecule has 19 heavy (non-hydrogen) atoms. The highest BCUT2D eigenvalue weighted by Crippen LogP contribution is 2.22. The van der Waals surface area contributed by atoms with Gasteiger partial charge in [0.25, 0.3) is 0 Å². The lowest BCUT2D eigenvalue weighted by Gasteiger charge is -2.46. The van der Waals surface area contributed by atoms with Crippen molar-refractivity contribution >= 4 is 5.91 Å². The Labute approximate surface area is 114 Å². The summed E-state index contributed by atoms with van der Waals surface area (Å²) in [6.45, 7) is 3.63. The topological polar surface area (TPSA) is 49.6 Å². The van der Waals surface area contributed by atoms with Crippen molar-refractivity contribution in [3.8, 4) is 0 Å². The minimum absolute atomic E-state index is 0.135. The molecule has 2 aliphatic heterocycles. The minimum Gasteiger partial charge on any atom is -0.336 e. The molecule has 1 aromatic rings. The zero-order chi connectivity index (χ0) is 13.2. The molecule has 1 amide bonds. The van der Waals surface area contributed by atoms with Crippen LogP contribution in [0.25, 0.3) is 0 Å². The molecule has 2 atom stereocenters. The molecule has 4 heteroatoms. The Morgan fingerprint density at radius 3 is 2.79 bits per heavy atom. The average molecular weight is 259 g/mol. The van der Waals surface area contributed by atoms with Crippen molar-refractivity contribution in [1.29, 1.82) is 0 Å². The van der Waals surface area contributed by atoms with Gasteiger partial charge in [-0.1, -0.05) is 30.3 Å². The van der Waals surface area contributed by atoms with E-state index in [1.165, 1.54) is 5.56 Å². The SMILES string of the molecule is NC1CCC(=O)N2CCN(Cc3ccccc3)CC12. The first-order valence-electron chi connectivity index (χ1n) is 7.05. The van der Waals surface area contributed by atoms with E-state index in [0.717, 1.165) is 32.6 Å². The molecule has 0 aliphatic carbocycles. The molecular weight excluding hydrogens is 238 g/mol. The number of piperidine rings is 1. The van der Waals surface area contributed by atoms with Crippen molar-refractivity contribution in [2.24, 2.45) is 5.73 Å². The maximum Gasteiger partial charge on any atom is 0.223 e. The first-order chi connectivity index (χ1) is 9.24. The number of nitrogens with zero attached hydrogens (tertiary/aromatic N) is 2. The molecule has 2 aliphatic rings. The van der Waals surface area contributed by atoms with E-state index < -0.39 is 0 Å². The second-order valence-corrected chi connectivity index (χ2v) is 5.58. The van der Waals surface area contributed by atoms with E-state index in [4.69, 9.17) is 5.73 Å². The van der Waals surface area contributed by atoms with Crippen molar-refractivity contribution in [2.45, 2.75) is 31.5 Å². The quantitative estimate of drug-likeness (QED) is 0.855. The van der Waals surface area contributed by atoms with Gasteiger partial charge in [0.05, 0.1) is 6.04 Å².